The summed E-state index contributed by atoms with van der Waals surface area (Å²) in [7, 11) is 1.69. The molecule has 0 spiro atoms. The van der Waals surface area contributed by atoms with Crippen LogP contribution < -0.4 is 4.74 Å². The van der Waals surface area contributed by atoms with Crippen LogP contribution in [0.3, 0.4) is 0 Å². The van der Waals surface area contributed by atoms with Gasteiger partial charge < -0.3 is 9.47 Å². The van der Waals surface area contributed by atoms with Gasteiger partial charge in [-0.05, 0) is 24.1 Å². The molecule has 7 heteroatoms. The van der Waals surface area contributed by atoms with E-state index in [1.54, 1.807) is 13.2 Å². The van der Waals surface area contributed by atoms with Crippen molar-refractivity contribution in [2.45, 2.75) is 6.42 Å². The van der Waals surface area contributed by atoms with E-state index in [-0.39, 0.29) is 0 Å². The molecule has 3 rings (SSSR count). The van der Waals surface area contributed by atoms with Gasteiger partial charge in [-0.3, -0.25) is 0 Å². The van der Waals surface area contributed by atoms with Crippen molar-refractivity contribution in [2.75, 3.05) is 13.7 Å². The van der Waals surface area contributed by atoms with Crippen LogP contribution in [0.1, 0.15) is 5.56 Å². The first-order valence-corrected chi connectivity index (χ1v) is 6.76. The fraction of sp³-hybridized carbons (Fsp3) is 0.214. The quantitative estimate of drug-likeness (QED) is 0.678. The van der Waals surface area contributed by atoms with E-state index in [0.717, 1.165) is 6.42 Å². The molecule has 1 aromatic carbocycles. The van der Waals surface area contributed by atoms with Gasteiger partial charge in [-0.2, -0.15) is 19.6 Å². The molecule has 0 bridgehead atoms. The molecule has 6 nitrogen and oxygen atoms in total. The lowest BCUT2D eigenvalue weighted by molar-refractivity contribution is 0.202. The summed E-state index contributed by atoms with van der Waals surface area (Å²) in [5.74, 6) is 1.55. The number of hydrogen-bond donors (Lipinski definition) is 0. The van der Waals surface area contributed by atoms with E-state index < -0.39 is 0 Å². The Morgan fingerprint density at radius 3 is 2.81 bits per heavy atom. The second kappa shape index (κ2) is 6.07. The summed E-state index contributed by atoms with van der Waals surface area (Å²) < 4.78 is 12.3. The van der Waals surface area contributed by atoms with E-state index in [9.17, 15) is 0 Å². The minimum Gasteiger partial charge on any atom is -0.439 e. The molecule has 108 valence electrons. The van der Waals surface area contributed by atoms with Crippen molar-refractivity contribution in [3.05, 3.63) is 47.4 Å². The number of fused-ring (bicyclic) bond motifs is 1. The number of methoxy groups -OCH3 is 1. The zero-order chi connectivity index (χ0) is 14.7. The average Bonchev–Trinajstić information content (AvgIpc) is 2.95. The van der Waals surface area contributed by atoms with E-state index in [1.807, 2.05) is 24.3 Å². The predicted octanol–water partition coefficient (Wildman–Crippen LogP) is 2.76. The van der Waals surface area contributed by atoms with Crippen LogP contribution in [0.4, 0.5) is 0 Å². The highest BCUT2D eigenvalue weighted by atomic mass is 35.5. The average molecular weight is 305 g/mol. The van der Waals surface area contributed by atoms with Gasteiger partial charge in [-0.25, -0.2) is 0 Å². The first kappa shape index (κ1) is 13.8. The molecular weight excluding hydrogens is 292 g/mol. The van der Waals surface area contributed by atoms with Crippen LogP contribution >= 0.6 is 11.6 Å². The second-order valence-electron chi connectivity index (χ2n) is 4.38. The molecule has 0 unspecified atom stereocenters. The molecule has 0 saturated carbocycles. The largest absolute Gasteiger partial charge is 0.439 e. The van der Waals surface area contributed by atoms with Crippen molar-refractivity contribution >= 4 is 17.4 Å². The fourth-order valence-corrected chi connectivity index (χ4v) is 2.06. The Balaban J connectivity index is 1.83. The highest BCUT2D eigenvalue weighted by Gasteiger charge is 2.08. The van der Waals surface area contributed by atoms with Crippen LogP contribution in [-0.4, -0.2) is 33.3 Å². The first-order valence-electron chi connectivity index (χ1n) is 6.38. The Kier molecular flexibility index (Phi) is 3.98. The fourth-order valence-electron chi connectivity index (χ4n) is 1.90. The molecule has 0 aliphatic carbocycles. The predicted molar refractivity (Wildman–Crippen MR) is 77.9 cm³/mol. The summed E-state index contributed by atoms with van der Waals surface area (Å²) in [6.45, 7) is 0.694. The lowest BCUT2D eigenvalue weighted by atomic mass is 10.1. The molecule has 0 aliphatic heterocycles. The Morgan fingerprint density at radius 2 is 2.05 bits per heavy atom. The van der Waals surface area contributed by atoms with E-state index in [4.69, 9.17) is 21.1 Å². The van der Waals surface area contributed by atoms with Gasteiger partial charge in [-0.15, -0.1) is 0 Å². The lowest BCUT2D eigenvalue weighted by Crippen LogP contribution is -1.98. The van der Waals surface area contributed by atoms with Crippen molar-refractivity contribution in [1.29, 1.82) is 0 Å². The van der Waals surface area contributed by atoms with Gasteiger partial charge in [0.2, 0.25) is 5.88 Å². The number of aromatic nitrogens is 4. The van der Waals surface area contributed by atoms with Crippen molar-refractivity contribution in [2.24, 2.45) is 0 Å². The van der Waals surface area contributed by atoms with Crippen LogP contribution in [0.5, 0.6) is 11.6 Å². The highest BCUT2D eigenvalue weighted by molar-refractivity contribution is 6.29. The van der Waals surface area contributed by atoms with E-state index >= 15 is 0 Å². The van der Waals surface area contributed by atoms with Gasteiger partial charge in [-0.1, -0.05) is 23.7 Å². The zero-order valence-corrected chi connectivity index (χ0v) is 12.1. The summed E-state index contributed by atoms with van der Waals surface area (Å²) in [6, 6.07) is 9.37. The van der Waals surface area contributed by atoms with Gasteiger partial charge in [0, 0.05) is 13.2 Å². The smallest absolute Gasteiger partial charge is 0.256 e. The summed E-state index contributed by atoms with van der Waals surface area (Å²) in [6.07, 6.45) is 2.27. The van der Waals surface area contributed by atoms with Gasteiger partial charge in [0.25, 0.3) is 5.78 Å². The Labute approximate surface area is 126 Å². The summed E-state index contributed by atoms with van der Waals surface area (Å²) in [4.78, 5) is 8.04. The van der Waals surface area contributed by atoms with Gasteiger partial charge >= 0.3 is 0 Å². The van der Waals surface area contributed by atoms with Crippen LogP contribution in [0.2, 0.25) is 5.15 Å². The minimum atomic E-state index is 0.308. The van der Waals surface area contributed by atoms with Gasteiger partial charge in [0.05, 0.1) is 6.61 Å². The number of benzene rings is 1. The molecule has 0 fully saturated rings. The molecule has 2 aromatic heterocycles. The van der Waals surface area contributed by atoms with Crippen LogP contribution in [-0.2, 0) is 11.2 Å². The molecule has 3 aromatic rings. The summed E-state index contributed by atoms with van der Waals surface area (Å²) in [5.41, 5.74) is 1.18. The summed E-state index contributed by atoms with van der Waals surface area (Å²) >= 11 is 5.94. The number of hydrogen-bond acceptors (Lipinski definition) is 5. The normalized spacial score (nSPS) is 11.0. The second-order valence-corrected chi connectivity index (χ2v) is 4.77. The van der Waals surface area contributed by atoms with Gasteiger partial charge in [0.15, 0.2) is 0 Å². The van der Waals surface area contributed by atoms with E-state index in [0.29, 0.717) is 29.2 Å². The van der Waals surface area contributed by atoms with Crippen LogP contribution in [0.15, 0.2) is 36.7 Å². The van der Waals surface area contributed by atoms with E-state index in [2.05, 4.69) is 15.1 Å². The SMILES string of the molecule is COCCc1ccc(Oc2cc(Cl)nc3ncnn23)cc1. The maximum atomic E-state index is 5.94. The maximum Gasteiger partial charge on any atom is 0.256 e. The third-order valence-corrected chi connectivity index (χ3v) is 3.12. The number of nitrogens with zero attached hydrogens (tertiary/aromatic N) is 4. The number of halogens is 1. The Bertz CT molecular complexity index is 742. The maximum absolute atomic E-state index is 5.94. The van der Waals surface area contributed by atoms with Crippen molar-refractivity contribution in [3.8, 4) is 11.6 Å². The summed E-state index contributed by atoms with van der Waals surface area (Å²) in [5, 5.41) is 4.36. The molecule has 0 N–H and O–H groups in total. The molecule has 21 heavy (non-hydrogen) atoms. The Morgan fingerprint density at radius 1 is 1.24 bits per heavy atom. The standard InChI is InChI=1S/C14H13ClN4O2/c1-20-7-6-10-2-4-11(5-3-10)21-13-8-12(15)18-14-16-9-17-19(13)14/h2-5,8-9H,6-7H2,1H3. The van der Waals surface area contributed by atoms with Gasteiger partial charge in [0.1, 0.15) is 17.2 Å². The topological polar surface area (TPSA) is 61.5 Å². The lowest BCUT2D eigenvalue weighted by Gasteiger charge is -2.08. The van der Waals surface area contributed by atoms with Crippen molar-refractivity contribution < 1.29 is 9.47 Å². The third-order valence-electron chi connectivity index (χ3n) is 2.93. The Hall–Kier alpha value is -2.18. The van der Waals surface area contributed by atoms with E-state index in [1.165, 1.54) is 16.4 Å². The molecule has 0 radical (unpaired) electrons. The van der Waals surface area contributed by atoms with Crippen LogP contribution in [0.25, 0.3) is 5.78 Å². The highest BCUT2D eigenvalue weighted by Crippen LogP contribution is 2.24. The molecule has 0 atom stereocenters. The van der Waals surface area contributed by atoms with Crippen LogP contribution in [0, 0.1) is 0 Å². The van der Waals surface area contributed by atoms with Crippen molar-refractivity contribution in [1.82, 2.24) is 19.6 Å². The zero-order valence-electron chi connectivity index (χ0n) is 11.4. The van der Waals surface area contributed by atoms with Crippen molar-refractivity contribution in [3.63, 3.8) is 0 Å². The number of ether oxygens (including phenoxy) is 2. The first-order chi connectivity index (χ1) is 10.3. The third kappa shape index (κ3) is 3.12. The molecule has 2 heterocycles. The molecule has 0 saturated heterocycles. The minimum absolute atomic E-state index is 0.308. The molecular formula is C14H13ClN4O2. The number of rotatable bonds is 5. The molecule has 0 aliphatic rings. The monoisotopic (exact) mass is 304 g/mol. The molecule has 0 amide bonds.